The molecular formula is C19H19ClN2O4S. The third kappa shape index (κ3) is 4.31. The summed E-state index contributed by atoms with van der Waals surface area (Å²) in [7, 11) is -3.70. The second-order valence-corrected chi connectivity index (χ2v) is 8.76. The first kappa shape index (κ1) is 19.4. The highest BCUT2D eigenvalue weighted by molar-refractivity contribution is 7.94. The van der Waals surface area contributed by atoms with Crippen molar-refractivity contribution < 1.29 is 18.0 Å². The molecule has 0 saturated carbocycles. The number of hydrogen-bond acceptors (Lipinski definition) is 4. The van der Waals surface area contributed by atoms with Crippen molar-refractivity contribution >= 4 is 39.1 Å². The van der Waals surface area contributed by atoms with Crippen LogP contribution in [0.5, 0.6) is 0 Å². The Kier molecular flexibility index (Phi) is 5.53. The quantitative estimate of drug-likeness (QED) is 0.827. The number of hydrogen-bond donors (Lipinski definition) is 1. The third-order valence-corrected chi connectivity index (χ3v) is 6.44. The summed E-state index contributed by atoms with van der Waals surface area (Å²) < 4.78 is 25.2. The maximum Gasteiger partial charge on any atom is 0.251 e. The van der Waals surface area contributed by atoms with E-state index in [1.807, 2.05) is 12.1 Å². The number of nitrogens with one attached hydrogen (secondary N) is 1. The second kappa shape index (κ2) is 7.70. The van der Waals surface area contributed by atoms with Gasteiger partial charge in [0.15, 0.2) is 0 Å². The maximum absolute atomic E-state index is 12.4. The van der Waals surface area contributed by atoms with Gasteiger partial charge in [0.25, 0.3) is 5.91 Å². The molecule has 8 heteroatoms. The van der Waals surface area contributed by atoms with E-state index in [2.05, 4.69) is 5.32 Å². The van der Waals surface area contributed by atoms with Crippen LogP contribution in [0.25, 0.3) is 0 Å². The van der Waals surface area contributed by atoms with Crippen LogP contribution in [-0.4, -0.2) is 32.5 Å². The van der Waals surface area contributed by atoms with Gasteiger partial charge < -0.3 is 5.32 Å². The Morgan fingerprint density at radius 1 is 1.22 bits per heavy atom. The molecule has 0 unspecified atom stereocenters. The van der Waals surface area contributed by atoms with Crippen LogP contribution in [0.4, 0.5) is 5.69 Å². The lowest BCUT2D eigenvalue weighted by Gasteiger charge is -2.16. The predicted molar refractivity (Wildman–Crippen MR) is 104 cm³/mol. The van der Waals surface area contributed by atoms with E-state index < -0.39 is 21.8 Å². The smallest absolute Gasteiger partial charge is 0.251 e. The van der Waals surface area contributed by atoms with Crippen LogP contribution < -0.4 is 9.62 Å². The monoisotopic (exact) mass is 406 g/mol. The molecule has 3 rings (SSSR count). The van der Waals surface area contributed by atoms with E-state index in [4.69, 9.17) is 11.6 Å². The number of carbonyl (C=O) groups excluding carboxylic acids is 2. The molecule has 0 aliphatic carbocycles. The average Bonchev–Trinajstić information content (AvgIpc) is 2.83. The standard InChI is InChI=1S/C19H19ClN2O4S/c1-13-12-27(25,26)22(19(13)24)17-4-2-3-15(11-17)18(23)21-10-9-14-5-7-16(20)8-6-14/h2-8,11,13H,9-10,12H2,1H3,(H,21,23)/t13-/m1/s1. The summed E-state index contributed by atoms with van der Waals surface area (Å²) in [5.41, 5.74) is 1.53. The van der Waals surface area contributed by atoms with Crippen molar-refractivity contribution in [1.29, 1.82) is 0 Å². The van der Waals surface area contributed by atoms with Crippen LogP contribution in [0.15, 0.2) is 48.5 Å². The zero-order chi connectivity index (χ0) is 19.6. The van der Waals surface area contributed by atoms with E-state index in [-0.39, 0.29) is 17.3 Å². The number of halogens is 1. The van der Waals surface area contributed by atoms with Crippen LogP contribution in [0, 0.1) is 5.92 Å². The number of carbonyl (C=O) groups is 2. The van der Waals surface area contributed by atoms with Crippen molar-refractivity contribution in [3.63, 3.8) is 0 Å². The Morgan fingerprint density at radius 3 is 2.56 bits per heavy atom. The van der Waals surface area contributed by atoms with E-state index in [9.17, 15) is 18.0 Å². The summed E-state index contributed by atoms with van der Waals surface area (Å²) in [5, 5.41) is 3.45. The van der Waals surface area contributed by atoms with Gasteiger partial charge in [-0.2, -0.15) is 0 Å². The van der Waals surface area contributed by atoms with Gasteiger partial charge in [0.05, 0.1) is 17.4 Å². The molecule has 1 fully saturated rings. The molecule has 1 saturated heterocycles. The lowest BCUT2D eigenvalue weighted by atomic mass is 10.1. The first-order valence-corrected chi connectivity index (χ1v) is 10.5. The SMILES string of the molecule is C[C@@H]1CS(=O)(=O)N(c2cccc(C(=O)NCCc3ccc(Cl)cc3)c2)C1=O. The molecule has 1 atom stereocenters. The summed E-state index contributed by atoms with van der Waals surface area (Å²) in [6, 6.07) is 13.4. The number of anilines is 1. The average molecular weight is 407 g/mol. The molecule has 0 bridgehead atoms. The minimum absolute atomic E-state index is 0.190. The summed E-state index contributed by atoms with van der Waals surface area (Å²) >= 11 is 5.84. The third-order valence-electron chi connectivity index (χ3n) is 4.32. The fourth-order valence-electron chi connectivity index (χ4n) is 2.93. The van der Waals surface area contributed by atoms with E-state index in [1.165, 1.54) is 12.1 Å². The molecule has 1 aliphatic rings. The molecule has 6 nitrogen and oxygen atoms in total. The van der Waals surface area contributed by atoms with Gasteiger partial charge in [-0.25, -0.2) is 12.7 Å². The molecule has 1 heterocycles. The number of nitrogens with zero attached hydrogens (tertiary/aromatic N) is 1. The lowest BCUT2D eigenvalue weighted by molar-refractivity contribution is -0.119. The van der Waals surface area contributed by atoms with Crippen LogP contribution in [0.3, 0.4) is 0 Å². The highest BCUT2D eigenvalue weighted by Gasteiger charge is 2.42. The molecule has 1 N–H and O–H groups in total. The number of amides is 2. The van der Waals surface area contributed by atoms with Crippen LogP contribution in [-0.2, 0) is 21.2 Å². The van der Waals surface area contributed by atoms with Crippen LogP contribution in [0.2, 0.25) is 5.02 Å². The van der Waals surface area contributed by atoms with E-state index in [0.717, 1.165) is 9.87 Å². The second-order valence-electron chi connectivity index (χ2n) is 6.46. The van der Waals surface area contributed by atoms with E-state index in [0.29, 0.717) is 23.6 Å². The summed E-state index contributed by atoms with van der Waals surface area (Å²) in [5.74, 6) is -1.62. The molecule has 27 heavy (non-hydrogen) atoms. The Bertz CT molecular complexity index is 973. The summed E-state index contributed by atoms with van der Waals surface area (Å²) in [6.07, 6.45) is 0.638. The number of sulfonamides is 1. The Morgan fingerprint density at radius 2 is 1.93 bits per heavy atom. The van der Waals surface area contributed by atoms with Gasteiger partial charge in [0.2, 0.25) is 15.9 Å². The lowest BCUT2D eigenvalue weighted by Crippen LogP contribution is -2.31. The maximum atomic E-state index is 12.4. The van der Waals surface area contributed by atoms with Crippen molar-refractivity contribution in [2.24, 2.45) is 5.92 Å². The van der Waals surface area contributed by atoms with Crippen molar-refractivity contribution in [3.05, 3.63) is 64.7 Å². The van der Waals surface area contributed by atoms with Crippen molar-refractivity contribution in [2.45, 2.75) is 13.3 Å². The van der Waals surface area contributed by atoms with Gasteiger partial charge in [0.1, 0.15) is 0 Å². The molecular weight excluding hydrogens is 388 g/mol. The van der Waals surface area contributed by atoms with Gasteiger partial charge in [-0.1, -0.05) is 36.7 Å². The molecule has 0 radical (unpaired) electrons. The largest absolute Gasteiger partial charge is 0.352 e. The molecule has 2 aromatic carbocycles. The van der Waals surface area contributed by atoms with Crippen LogP contribution >= 0.6 is 11.6 Å². The molecule has 0 spiro atoms. The van der Waals surface area contributed by atoms with Gasteiger partial charge in [-0.15, -0.1) is 0 Å². The zero-order valence-corrected chi connectivity index (χ0v) is 16.3. The van der Waals surface area contributed by atoms with Crippen LogP contribution in [0.1, 0.15) is 22.8 Å². The highest BCUT2D eigenvalue weighted by atomic mass is 35.5. The normalized spacial score (nSPS) is 18.5. The van der Waals surface area contributed by atoms with Gasteiger partial charge in [-0.3, -0.25) is 9.59 Å². The number of rotatable bonds is 5. The Balaban J connectivity index is 1.69. The zero-order valence-electron chi connectivity index (χ0n) is 14.7. The molecule has 1 aliphatic heterocycles. The minimum Gasteiger partial charge on any atom is -0.352 e. The van der Waals surface area contributed by atoms with Gasteiger partial charge in [-0.05, 0) is 42.3 Å². The minimum atomic E-state index is -3.70. The fourth-order valence-corrected chi connectivity index (χ4v) is 4.87. The molecule has 2 amide bonds. The summed E-state index contributed by atoms with van der Waals surface area (Å²) in [6.45, 7) is 2.00. The topological polar surface area (TPSA) is 83.6 Å². The van der Waals surface area contributed by atoms with Gasteiger partial charge in [0, 0.05) is 17.1 Å². The van der Waals surface area contributed by atoms with E-state index in [1.54, 1.807) is 31.2 Å². The van der Waals surface area contributed by atoms with Crippen molar-refractivity contribution in [2.75, 3.05) is 16.6 Å². The predicted octanol–water partition coefficient (Wildman–Crippen LogP) is 2.63. The highest BCUT2D eigenvalue weighted by Crippen LogP contribution is 2.28. The first-order valence-electron chi connectivity index (χ1n) is 8.47. The van der Waals surface area contributed by atoms with E-state index >= 15 is 0 Å². The fraction of sp³-hybridized carbons (Fsp3) is 0.263. The molecule has 0 aromatic heterocycles. The molecule has 142 valence electrons. The Labute approximate surface area is 163 Å². The Hall–Kier alpha value is -2.38. The van der Waals surface area contributed by atoms with Gasteiger partial charge >= 0.3 is 0 Å². The molecule has 2 aromatic rings. The van der Waals surface area contributed by atoms with Crippen molar-refractivity contribution in [3.8, 4) is 0 Å². The summed E-state index contributed by atoms with van der Waals surface area (Å²) in [4.78, 5) is 24.6. The van der Waals surface area contributed by atoms with Crippen molar-refractivity contribution in [1.82, 2.24) is 5.32 Å². The first-order chi connectivity index (χ1) is 12.8. The number of benzene rings is 2.